The molecular weight excluding hydrogens is 440 g/mol. The Morgan fingerprint density at radius 1 is 1.09 bits per heavy atom. The summed E-state index contributed by atoms with van der Waals surface area (Å²) in [4.78, 5) is 41.7. The van der Waals surface area contributed by atoms with E-state index in [1.165, 1.54) is 25.5 Å². The molecule has 0 radical (unpaired) electrons. The lowest BCUT2D eigenvalue weighted by molar-refractivity contribution is -0.159. The summed E-state index contributed by atoms with van der Waals surface area (Å²) >= 11 is 0. The number of methoxy groups -OCH3 is 1. The fourth-order valence-corrected chi connectivity index (χ4v) is 5.91. The Hall–Kier alpha value is -2.89. The third-order valence-electron chi connectivity index (χ3n) is 7.77. The maximum Gasteiger partial charge on any atom is 0.317 e. The van der Waals surface area contributed by atoms with Crippen molar-refractivity contribution < 1.29 is 19.1 Å². The topological polar surface area (TPSA) is 75.7 Å². The molecule has 1 fully saturated rings. The number of esters is 1. The van der Waals surface area contributed by atoms with Gasteiger partial charge in [-0.3, -0.25) is 14.4 Å². The lowest BCUT2D eigenvalue weighted by Gasteiger charge is -2.46. The molecule has 6 nitrogen and oxygen atoms in total. The van der Waals surface area contributed by atoms with Crippen molar-refractivity contribution in [1.82, 2.24) is 10.2 Å². The predicted octanol–water partition coefficient (Wildman–Crippen LogP) is 5.05. The van der Waals surface area contributed by atoms with E-state index >= 15 is 0 Å². The van der Waals surface area contributed by atoms with Crippen LogP contribution in [0.5, 0.6) is 0 Å². The molecule has 2 aliphatic carbocycles. The average Bonchev–Trinajstić information content (AvgIpc) is 3.11. The molecule has 0 saturated carbocycles. The number of hydrogen-bond acceptors (Lipinski definition) is 4. The molecule has 4 rings (SSSR count). The molecule has 1 saturated heterocycles. The quantitative estimate of drug-likeness (QED) is 0.419. The van der Waals surface area contributed by atoms with E-state index in [0.29, 0.717) is 25.9 Å². The smallest absolute Gasteiger partial charge is 0.317 e. The molecule has 188 valence electrons. The molecule has 6 heteroatoms. The van der Waals surface area contributed by atoms with E-state index in [0.717, 1.165) is 49.8 Å². The molecule has 0 bridgehead atoms. The van der Waals surface area contributed by atoms with Crippen LogP contribution < -0.4 is 5.32 Å². The van der Waals surface area contributed by atoms with Gasteiger partial charge in [0.2, 0.25) is 11.8 Å². The van der Waals surface area contributed by atoms with Gasteiger partial charge in [0.05, 0.1) is 7.11 Å². The van der Waals surface area contributed by atoms with Crippen LogP contribution in [0.25, 0.3) is 0 Å². The summed E-state index contributed by atoms with van der Waals surface area (Å²) in [7, 11) is 1.43. The zero-order chi connectivity index (χ0) is 24.7. The van der Waals surface area contributed by atoms with Crippen molar-refractivity contribution in [2.75, 3.05) is 13.7 Å². The first-order valence-corrected chi connectivity index (χ1v) is 13.1. The van der Waals surface area contributed by atoms with Crippen molar-refractivity contribution in [3.63, 3.8) is 0 Å². The number of rotatable bonds is 8. The molecule has 1 N–H and O–H groups in total. The number of nitrogens with one attached hydrogen (secondary N) is 1. The van der Waals surface area contributed by atoms with E-state index in [9.17, 15) is 14.4 Å². The van der Waals surface area contributed by atoms with Gasteiger partial charge in [-0.05, 0) is 63.4 Å². The van der Waals surface area contributed by atoms with Crippen LogP contribution in [0.3, 0.4) is 0 Å². The number of carbonyl (C=O) groups excluding carboxylic acids is 3. The number of fused-ring (bicyclic) bond motifs is 1. The fraction of sp³-hybridized carbons (Fsp3) is 0.552. The molecule has 1 aliphatic heterocycles. The standard InChI is InChI=1S/C29H38N2O4/c1-35-28(34)29-17-10-4-9-15-25(29)31(18-16-22-11-5-2-6-12-22)27(33)24(20-29)19-26(32)30-21-23-13-7-3-8-14-23/h3,7-8,11,13-15,24H,2,4-6,9-10,12,16-21H2,1H3,(H,30,32)/t24-,29+/m1/s1. The fourth-order valence-electron chi connectivity index (χ4n) is 5.91. The number of amides is 2. The summed E-state index contributed by atoms with van der Waals surface area (Å²) in [6.45, 7) is 0.975. The first-order valence-electron chi connectivity index (χ1n) is 13.1. The first kappa shape index (κ1) is 25.2. The molecule has 2 amide bonds. The van der Waals surface area contributed by atoms with Crippen LogP contribution in [0.1, 0.15) is 76.2 Å². The summed E-state index contributed by atoms with van der Waals surface area (Å²) in [5.74, 6) is -1.03. The molecule has 1 aromatic rings. The van der Waals surface area contributed by atoms with E-state index in [-0.39, 0.29) is 24.2 Å². The summed E-state index contributed by atoms with van der Waals surface area (Å²) in [6, 6.07) is 9.73. The Bertz CT molecular complexity index is 984. The zero-order valence-corrected chi connectivity index (χ0v) is 20.9. The Morgan fingerprint density at radius 3 is 2.60 bits per heavy atom. The van der Waals surface area contributed by atoms with Crippen molar-refractivity contribution in [2.24, 2.45) is 11.3 Å². The van der Waals surface area contributed by atoms with Gasteiger partial charge in [0.1, 0.15) is 5.41 Å². The summed E-state index contributed by atoms with van der Waals surface area (Å²) in [5.41, 5.74) is 2.36. The van der Waals surface area contributed by atoms with Crippen LogP contribution in [0.4, 0.5) is 0 Å². The van der Waals surface area contributed by atoms with Gasteiger partial charge >= 0.3 is 5.97 Å². The van der Waals surface area contributed by atoms with E-state index in [1.54, 1.807) is 0 Å². The van der Waals surface area contributed by atoms with Crippen LogP contribution in [0, 0.1) is 11.3 Å². The van der Waals surface area contributed by atoms with Gasteiger partial charge in [-0.15, -0.1) is 0 Å². The third-order valence-corrected chi connectivity index (χ3v) is 7.77. The number of likely N-dealkylation sites (tertiary alicyclic amines) is 1. The van der Waals surface area contributed by atoms with E-state index < -0.39 is 11.3 Å². The van der Waals surface area contributed by atoms with Gasteiger partial charge in [-0.2, -0.15) is 0 Å². The van der Waals surface area contributed by atoms with Crippen molar-refractivity contribution in [3.05, 3.63) is 59.3 Å². The van der Waals surface area contributed by atoms with E-state index in [2.05, 4.69) is 17.5 Å². The van der Waals surface area contributed by atoms with E-state index in [4.69, 9.17) is 4.74 Å². The SMILES string of the molecule is COC(=O)[C@]12CCCCC=C1N(CCC1=CCCCC1)C(=O)[C@H](CC(=O)NCc1ccccc1)C2. The summed E-state index contributed by atoms with van der Waals surface area (Å²) in [6.07, 6.45) is 13.6. The molecule has 0 spiro atoms. The largest absolute Gasteiger partial charge is 0.468 e. The van der Waals surface area contributed by atoms with Crippen molar-refractivity contribution >= 4 is 17.8 Å². The Kier molecular flexibility index (Phi) is 8.42. The maximum absolute atomic E-state index is 13.8. The highest BCUT2D eigenvalue weighted by Crippen LogP contribution is 2.49. The highest BCUT2D eigenvalue weighted by molar-refractivity contribution is 5.92. The highest BCUT2D eigenvalue weighted by Gasteiger charge is 2.53. The second-order valence-electron chi connectivity index (χ2n) is 10.1. The van der Waals surface area contributed by atoms with Gasteiger partial charge in [0.15, 0.2) is 0 Å². The number of carbonyl (C=O) groups is 3. The number of benzene rings is 1. The molecule has 3 aliphatic rings. The number of allylic oxidation sites excluding steroid dienone is 2. The van der Waals surface area contributed by atoms with Crippen LogP contribution in [0.15, 0.2) is 53.8 Å². The monoisotopic (exact) mass is 478 g/mol. The second-order valence-corrected chi connectivity index (χ2v) is 10.1. The third kappa shape index (κ3) is 5.85. The molecule has 0 unspecified atom stereocenters. The molecule has 1 heterocycles. The summed E-state index contributed by atoms with van der Waals surface area (Å²) < 4.78 is 5.31. The maximum atomic E-state index is 13.8. The molecule has 1 aromatic carbocycles. The zero-order valence-electron chi connectivity index (χ0n) is 20.9. The van der Waals surface area contributed by atoms with Gasteiger partial charge < -0.3 is 15.0 Å². The molecular formula is C29H38N2O4. The van der Waals surface area contributed by atoms with Crippen LogP contribution in [-0.4, -0.2) is 36.3 Å². The minimum Gasteiger partial charge on any atom is -0.468 e. The van der Waals surface area contributed by atoms with Crippen molar-refractivity contribution in [2.45, 2.75) is 77.2 Å². The minimum atomic E-state index is -0.857. The van der Waals surface area contributed by atoms with Gasteiger partial charge in [-0.1, -0.05) is 54.5 Å². The number of piperidine rings is 1. The molecule has 35 heavy (non-hydrogen) atoms. The Balaban J connectivity index is 1.55. The average molecular weight is 479 g/mol. The van der Waals surface area contributed by atoms with Gasteiger partial charge in [-0.25, -0.2) is 0 Å². The first-order chi connectivity index (χ1) is 17.0. The number of nitrogens with zero attached hydrogens (tertiary/aromatic N) is 1. The number of hydrogen-bond donors (Lipinski definition) is 1. The van der Waals surface area contributed by atoms with E-state index in [1.807, 2.05) is 35.2 Å². The minimum absolute atomic E-state index is 0.0380. The number of ether oxygens (including phenoxy) is 1. The normalized spacial score (nSPS) is 24.5. The second kappa shape index (κ2) is 11.7. The molecule has 0 aromatic heterocycles. The molecule has 2 atom stereocenters. The van der Waals surface area contributed by atoms with Gasteiger partial charge in [0.25, 0.3) is 0 Å². The summed E-state index contributed by atoms with van der Waals surface area (Å²) in [5, 5.41) is 2.96. The van der Waals surface area contributed by atoms with Crippen molar-refractivity contribution in [3.8, 4) is 0 Å². The predicted molar refractivity (Wildman–Crippen MR) is 135 cm³/mol. The van der Waals surface area contributed by atoms with Crippen molar-refractivity contribution in [1.29, 1.82) is 0 Å². The van der Waals surface area contributed by atoms with Crippen LogP contribution >= 0.6 is 0 Å². The Morgan fingerprint density at radius 2 is 1.86 bits per heavy atom. The lowest BCUT2D eigenvalue weighted by Crippen LogP contribution is -2.53. The van der Waals surface area contributed by atoms with Crippen LogP contribution in [-0.2, 0) is 25.7 Å². The highest BCUT2D eigenvalue weighted by atomic mass is 16.5. The lowest BCUT2D eigenvalue weighted by atomic mass is 9.69. The van der Waals surface area contributed by atoms with Crippen LogP contribution in [0.2, 0.25) is 0 Å². The van der Waals surface area contributed by atoms with Gasteiger partial charge in [0, 0.05) is 31.1 Å². The Labute approximate surface area is 208 Å².